The lowest BCUT2D eigenvalue weighted by Gasteiger charge is -2.24. The van der Waals surface area contributed by atoms with Gasteiger partial charge in [0.25, 0.3) is 0 Å². The van der Waals surface area contributed by atoms with Crippen molar-refractivity contribution in [2.24, 2.45) is 5.73 Å². The molecule has 1 aromatic carbocycles. The van der Waals surface area contributed by atoms with Gasteiger partial charge in [0.2, 0.25) is 0 Å². The van der Waals surface area contributed by atoms with Crippen molar-refractivity contribution in [3.05, 3.63) is 57.8 Å². The average Bonchev–Trinajstić information content (AvgIpc) is 2.46. The Kier molecular flexibility index (Phi) is 5.40. The van der Waals surface area contributed by atoms with Crippen molar-refractivity contribution < 1.29 is 4.74 Å². The second kappa shape index (κ2) is 7.07. The minimum absolute atomic E-state index is 0.132. The third kappa shape index (κ3) is 3.72. The highest BCUT2D eigenvalue weighted by Gasteiger charge is 2.22. The van der Waals surface area contributed by atoms with Crippen LogP contribution < -0.4 is 10.5 Å². The Labute approximate surface area is 132 Å². The summed E-state index contributed by atoms with van der Waals surface area (Å²) in [6.45, 7) is 2.03. The Bertz CT molecular complexity index is 565. The van der Waals surface area contributed by atoms with Crippen molar-refractivity contribution in [1.82, 2.24) is 4.98 Å². The van der Waals surface area contributed by atoms with Crippen molar-refractivity contribution in [2.75, 3.05) is 0 Å². The largest absolute Gasteiger partial charge is 0.481 e. The fourth-order valence-corrected chi connectivity index (χ4v) is 2.61. The maximum Gasteiger partial charge on any atom is 0.155 e. The Morgan fingerprint density at radius 2 is 2.15 bits per heavy atom. The highest BCUT2D eigenvalue weighted by molar-refractivity contribution is 9.10. The van der Waals surface area contributed by atoms with E-state index in [2.05, 4.69) is 20.9 Å². The molecular formula is C15H16BrClN2O. The van der Waals surface area contributed by atoms with E-state index in [1.807, 2.05) is 31.2 Å². The minimum Gasteiger partial charge on any atom is -0.481 e. The van der Waals surface area contributed by atoms with Crippen molar-refractivity contribution in [3.63, 3.8) is 0 Å². The van der Waals surface area contributed by atoms with Gasteiger partial charge in [0, 0.05) is 17.3 Å². The van der Waals surface area contributed by atoms with E-state index in [0.717, 1.165) is 16.6 Å². The molecule has 20 heavy (non-hydrogen) atoms. The second-order valence-electron chi connectivity index (χ2n) is 4.44. The molecule has 1 heterocycles. The van der Waals surface area contributed by atoms with Gasteiger partial charge >= 0.3 is 0 Å². The molecule has 0 aliphatic rings. The molecule has 0 fully saturated rings. The van der Waals surface area contributed by atoms with Gasteiger partial charge in [0.15, 0.2) is 6.10 Å². The summed E-state index contributed by atoms with van der Waals surface area (Å²) in [6.07, 6.45) is 2.25. The van der Waals surface area contributed by atoms with Crippen LogP contribution in [0, 0.1) is 0 Å². The van der Waals surface area contributed by atoms with E-state index in [1.54, 1.807) is 18.3 Å². The molecule has 0 aliphatic carbocycles. The van der Waals surface area contributed by atoms with Gasteiger partial charge in [-0.1, -0.05) is 24.6 Å². The fraction of sp³-hybridized carbons (Fsp3) is 0.267. The third-order valence-corrected chi connectivity index (χ3v) is 3.84. The zero-order valence-corrected chi connectivity index (χ0v) is 13.4. The fourth-order valence-electron chi connectivity index (χ4n) is 1.83. The normalized spacial score (nSPS) is 13.8. The lowest BCUT2D eigenvalue weighted by atomic mass is 10.1. The van der Waals surface area contributed by atoms with E-state index >= 15 is 0 Å². The monoisotopic (exact) mass is 354 g/mol. The number of halogens is 2. The highest BCUT2D eigenvalue weighted by atomic mass is 79.9. The molecule has 0 spiro atoms. The first-order chi connectivity index (χ1) is 9.61. The number of nitrogens with zero attached hydrogens (tertiary/aromatic N) is 1. The standard InChI is InChI=1S/C15H16BrClN2O/c1-2-12(18)15(13-5-3-4-8-19-13)20-14-7-6-10(17)9-11(14)16/h3-9,12,15H,2,18H2,1H3. The van der Waals surface area contributed by atoms with Crippen LogP contribution in [0.15, 0.2) is 47.1 Å². The summed E-state index contributed by atoms with van der Waals surface area (Å²) in [5.41, 5.74) is 6.99. The predicted octanol–water partition coefficient (Wildman–Crippen LogP) is 4.35. The van der Waals surface area contributed by atoms with Crippen LogP contribution in [0.1, 0.15) is 25.1 Å². The van der Waals surface area contributed by atoms with Crippen LogP contribution >= 0.6 is 27.5 Å². The molecule has 0 amide bonds. The van der Waals surface area contributed by atoms with Gasteiger partial charge in [-0.25, -0.2) is 0 Å². The van der Waals surface area contributed by atoms with Crippen molar-refractivity contribution >= 4 is 27.5 Å². The summed E-state index contributed by atoms with van der Waals surface area (Å²) in [5.74, 6) is 0.703. The summed E-state index contributed by atoms with van der Waals surface area (Å²) >= 11 is 9.39. The smallest absolute Gasteiger partial charge is 0.155 e. The number of nitrogens with two attached hydrogens (primary N) is 1. The van der Waals surface area contributed by atoms with E-state index < -0.39 is 0 Å². The highest BCUT2D eigenvalue weighted by Crippen LogP contribution is 2.32. The molecule has 5 heteroatoms. The lowest BCUT2D eigenvalue weighted by Crippen LogP contribution is -2.32. The van der Waals surface area contributed by atoms with E-state index in [-0.39, 0.29) is 12.1 Å². The molecule has 0 saturated heterocycles. The summed E-state index contributed by atoms with van der Waals surface area (Å²) in [5, 5.41) is 0.651. The van der Waals surface area contributed by atoms with E-state index in [0.29, 0.717) is 10.8 Å². The zero-order chi connectivity index (χ0) is 14.5. The van der Waals surface area contributed by atoms with E-state index in [1.165, 1.54) is 0 Å². The van der Waals surface area contributed by atoms with Crippen molar-refractivity contribution in [1.29, 1.82) is 0 Å². The maximum atomic E-state index is 6.17. The van der Waals surface area contributed by atoms with Gasteiger partial charge < -0.3 is 10.5 Å². The molecule has 2 rings (SSSR count). The molecule has 2 atom stereocenters. The van der Waals surface area contributed by atoms with Gasteiger partial charge in [-0.3, -0.25) is 4.98 Å². The van der Waals surface area contributed by atoms with Gasteiger partial charge in [-0.05, 0) is 52.7 Å². The molecule has 0 bridgehead atoms. The average molecular weight is 356 g/mol. The maximum absolute atomic E-state index is 6.17. The molecule has 2 aromatic rings. The number of aromatic nitrogens is 1. The zero-order valence-electron chi connectivity index (χ0n) is 11.1. The van der Waals surface area contributed by atoms with E-state index in [4.69, 9.17) is 22.1 Å². The first kappa shape index (κ1) is 15.3. The first-order valence-electron chi connectivity index (χ1n) is 6.40. The first-order valence-corrected chi connectivity index (χ1v) is 7.57. The number of hydrogen-bond donors (Lipinski definition) is 1. The Hall–Kier alpha value is -1.10. The molecule has 2 unspecified atom stereocenters. The van der Waals surface area contributed by atoms with Crippen LogP contribution in [-0.4, -0.2) is 11.0 Å². The van der Waals surface area contributed by atoms with Crippen molar-refractivity contribution in [3.8, 4) is 5.75 Å². The number of ether oxygens (including phenoxy) is 1. The molecule has 2 N–H and O–H groups in total. The molecule has 1 aromatic heterocycles. The van der Waals surface area contributed by atoms with Crippen molar-refractivity contribution in [2.45, 2.75) is 25.5 Å². The molecular weight excluding hydrogens is 340 g/mol. The molecule has 0 saturated carbocycles. The molecule has 106 valence electrons. The summed E-state index contributed by atoms with van der Waals surface area (Å²) < 4.78 is 6.85. The number of benzene rings is 1. The summed E-state index contributed by atoms with van der Waals surface area (Å²) in [7, 11) is 0. The topological polar surface area (TPSA) is 48.1 Å². The number of rotatable bonds is 5. The van der Waals surface area contributed by atoms with Crippen LogP contribution in [0.2, 0.25) is 5.02 Å². The van der Waals surface area contributed by atoms with Gasteiger partial charge in [-0.15, -0.1) is 0 Å². The quantitative estimate of drug-likeness (QED) is 0.867. The van der Waals surface area contributed by atoms with Gasteiger partial charge in [0.05, 0.1) is 10.2 Å². The summed E-state index contributed by atoms with van der Waals surface area (Å²) in [6, 6.07) is 11.0. The SMILES string of the molecule is CCC(N)C(Oc1ccc(Cl)cc1Br)c1ccccn1. The summed E-state index contributed by atoms with van der Waals surface area (Å²) in [4.78, 5) is 4.35. The number of pyridine rings is 1. The Balaban J connectivity index is 2.29. The second-order valence-corrected chi connectivity index (χ2v) is 5.73. The minimum atomic E-state index is -0.293. The molecule has 3 nitrogen and oxygen atoms in total. The van der Waals surface area contributed by atoms with Crippen LogP contribution in [-0.2, 0) is 0 Å². The molecule has 0 aliphatic heterocycles. The third-order valence-electron chi connectivity index (χ3n) is 2.99. The van der Waals surface area contributed by atoms with Gasteiger partial charge in [-0.2, -0.15) is 0 Å². The Morgan fingerprint density at radius 1 is 1.35 bits per heavy atom. The van der Waals surface area contributed by atoms with Crippen LogP contribution in [0.5, 0.6) is 5.75 Å². The molecule has 0 radical (unpaired) electrons. The van der Waals surface area contributed by atoms with Gasteiger partial charge in [0.1, 0.15) is 5.75 Å². The Morgan fingerprint density at radius 3 is 2.75 bits per heavy atom. The number of hydrogen-bond acceptors (Lipinski definition) is 3. The predicted molar refractivity (Wildman–Crippen MR) is 85.0 cm³/mol. The van der Waals surface area contributed by atoms with Crippen LogP contribution in [0.3, 0.4) is 0 Å². The van der Waals surface area contributed by atoms with E-state index in [9.17, 15) is 0 Å². The van der Waals surface area contributed by atoms with Crippen LogP contribution in [0.4, 0.5) is 0 Å². The van der Waals surface area contributed by atoms with Crippen LogP contribution in [0.25, 0.3) is 0 Å². The lowest BCUT2D eigenvalue weighted by molar-refractivity contribution is 0.165.